The maximum Gasteiger partial charge on any atom is 0.244 e. The van der Waals surface area contributed by atoms with Crippen LogP contribution in [0.1, 0.15) is 26.3 Å². The van der Waals surface area contributed by atoms with Gasteiger partial charge in [-0.25, -0.2) is 0 Å². The minimum atomic E-state index is -0.216. The van der Waals surface area contributed by atoms with E-state index in [9.17, 15) is 9.59 Å². The number of anilines is 1. The summed E-state index contributed by atoms with van der Waals surface area (Å²) in [5.41, 5.74) is 3.79. The van der Waals surface area contributed by atoms with E-state index in [2.05, 4.69) is 40.4 Å². The fourth-order valence-corrected chi connectivity index (χ4v) is 3.40. The van der Waals surface area contributed by atoms with Gasteiger partial charge in [0.25, 0.3) is 0 Å². The van der Waals surface area contributed by atoms with Crippen LogP contribution in [0.3, 0.4) is 0 Å². The average molecular weight is 457 g/mol. The summed E-state index contributed by atoms with van der Waals surface area (Å²) in [7, 11) is 0. The van der Waals surface area contributed by atoms with Gasteiger partial charge in [-0.1, -0.05) is 36.4 Å². The number of hydrogen-bond donors (Lipinski definition) is 3. The molecule has 2 amide bonds. The second-order valence-corrected chi connectivity index (χ2v) is 8.33. The first-order chi connectivity index (χ1) is 15.2. The van der Waals surface area contributed by atoms with Crippen molar-refractivity contribution in [3.05, 3.63) is 77.0 Å². The normalized spacial score (nSPS) is 17.3. The molecule has 1 aliphatic rings. The lowest BCUT2D eigenvalue weighted by Gasteiger charge is -2.27. The van der Waals surface area contributed by atoms with Gasteiger partial charge < -0.3 is 20.9 Å². The van der Waals surface area contributed by atoms with E-state index in [4.69, 9.17) is 11.6 Å². The Balaban J connectivity index is 1.79. The van der Waals surface area contributed by atoms with Crippen molar-refractivity contribution in [3.63, 3.8) is 0 Å². The van der Waals surface area contributed by atoms with Gasteiger partial charge in [0, 0.05) is 41.6 Å². The minimum absolute atomic E-state index is 0.0154. The van der Waals surface area contributed by atoms with E-state index in [1.54, 1.807) is 6.08 Å². The van der Waals surface area contributed by atoms with Crippen molar-refractivity contribution in [1.29, 1.82) is 0 Å². The van der Waals surface area contributed by atoms with E-state index in [0.717, 1.165) is 34.1 Å². The van der Waals surface area contributed by atoms with Crippen molar-refractivity contribution in [3.8, 4) is 0 Å². The highest BCUT2D eigenvalue weighted by molar-refractivity contribution is 6.31. The zero-order valence-corrected chi connectivity index (χ0v) is 20.0. The van der Waals surface area contributed by atoms with E-state index in [-0.39, 0.29) is 30.4 Å². The summed E-state index contributed by atoms with van der Waals surface area (Å²) in [6.45, 7) is 13.6. The van der Waals surface area contributed by atoms with Crippen molar-refractivity contribution in [1.82, 2.24) is 16.0 Å². The average Bonchev–Trinajstić information content (AvgIpc) is 2.75. The Bertz CT molecular complexity index is 936. The van der Waals surface area contributed by atoms with E-state index in [1.807, 2.05) is 51.1 Å². The van der Waals surface area contributed by atoms with Crippen LogP contribution in [0.5, 0.6) is 0 Å². The van der Waals surface area contributed by atoms with Crippen molar-refractivity contribution >= 4 is 29.1 Å². The maximum atomic E-state index is 12.3. The third kappa shape index (κ3) is 7.93. The minimum Gasteiger partial charge on any atom is -0.380 e. The zero-order chi connectivity index (χ0) is 23.7. The van der Waals surface area contributed by atoms with Crippen LogP contribution < -0.4 is 20.9 Å². The van der Waals surface area contributed by atoms with Gasteiger partial charge in [-0.05, 0) is 63.1 Å². The molecular weight excluding hydrogens is 424 g/mol. The largest absolute Gasteiger partial charge is 0.380 e. The Hall–Kier alpha value is -2.99. The molecule has 1 aromatic carbocycles. The van der Waals surface area contributed by atoms with Gasteiger partial charge in [0.2, 0.25) is 11.8 Å². The molecule has 0 aromatic heterocycles. The van der Waals surface area contributed by atoms with Gasteiger partial charge in [-0.3, -0.25) is 9.59 Å². The number of benzene rings is 1. The molecule has 0 spiro atoms. The first-order valence-electron chi connectivity index (χ1n) is 10.8. The summed E-state index contributed by atoms with van der Waals surface area (Å²) in [5.74, 6) is -0.208. The van der Waals surface area contributed by atoms with Gasteiger partial charge in [0.05, 0.1) is 12.6 Å². The Morgan fingerprint density at radius 3 is 2.81 bits per heavy atom. The molecule has 6 nitrogen and oxygen atoms in total. The molecule has 0 fully saturated rings. The number of carbonyl (C=O) groups is 2. The van der Waals surface area contributed by atoms with Crippen molar-refractivity contribution in [2.75, 3.05) is 24.5 Å². The van der Waals surface area contributed by atoms with Gasteiger partial charge in [0.15, 0.2) is 0 Å². The van der Waals surface area contributed by atoms with E-state index >= 15 is 0 Å². The molecule has 3 N–H and O–H groups in total. The van der Waals surface area contributed by atoms with Crippen LogP contribution in [0, 0.1) is 6.92 Å². The van der Waals surface area contributed by atoms with Crippen LogP contribution in [0.2, 0.25) is 5.02 Å². The SMILES string of the molecule is C=C1C=CC(=O)NC1C=C/C=C(\C)NCC(=O)NC(C)CN(CC)c1ccc(Cl)c(C)c1. The fraction of sp³-hybridized carbons (Fsp3) is 0.360. The molecule has 7 heteroatoms. The zero-order valence-electron chi connectivity index (χ0n) is 19.2. The molecule has 172 valence electrons. The smallest absolute Gasteiger partial charge is 0.244 e. The first kappa shape index (κ1) is 25.3. The third-order valence-electron chi connectivity index (χ3n) is 5.11. The highest BCUT2D eigenvalue weighted by Crippen LogP contribution is 2.22. The van der Waals surface area contributed by atoms with Gasteiger partial charge >= 0.3 is 0 Å². The molecule has 1 heterocycles. The number of amides is 2. The van der Waals surface area contributed by atoms with Crippen LogP contribution >= 0.6 is 11.6 Å². The number of nitrogens with one attached hydrogen (secondary N) is 3. The van der Waals surface area contributed by atoms with Crippen molar-refractivity contribution < 1.29 is 9.59 Å². The summed E-state index contributed by atoms with van der Waals surface area (Å²) in [6, 6.07) is 5.74. The van der Waals surface area contributed by atoms with Crippen LogP contribution in [0.15, 0.2) is 66.4 Å². The number of nitrogens with zero attached hydrogens (tertiary/aromatic N) is 1. The predicted molar refractivity (Wildman–Crippen MR) is 133 cm³/mol. The van der Waals surface area contributed by atoms with E-state index in [0.29, 0.717) is 6.54 Å². The van der Waals surface area contributed by atoms with Crippen molar-refractivity contribution in [2.24, 2.45) is 0 Å². The van der Waals surface area contributed by atoms with Gasteiger partial charge in [-0.2, -0.15) is 0 Å². The Kier molecular flexibility index (Phi) is 9.60. The van der Waals surface area contributed by atoms with E-state index in [1.165, 1.54) is 6.08 Å². The molecule has 32 heavy (non-hydrogen) atoms. The second-order valence-electron chi connectivity index (χ2n) is 7.92. The second kappa shape index (κ2) is 12.2. The molecular formula is C25H33ClN4O2. The maximum absolute atomic E-state index is 12.3. The molecule has 2 unspecified atom stereocenters. The van der Waals surface area contributed by atoms with Crippen molar-refractivity contribution in [2.45, 2.75) is 39.8 Å². The molecule has 2 atom stereocenters. The molecule has 0 bridgehead atoms. The predicted octanol–water partition coefficient (Wildman–Crippen LogP) is 3.64. The number of likely N-dealkylation sites (N-methyl/N-ethyl adjacent to an activating group) is 1. The van der Waals surface area contributed by atoms with E-state index < -0.39 is 0 Å². The van der Waals surface area contributed by atoms with Crippen LogP contribution in [-0.2, 0) is 9.59 Å². The third-order valence-corrected chi connectivity index (χ3v) is 5.54. The molecule has 0 saturated heterocycles. The standard InChI is InChI=1S/C25H33ClN4O2/c1-6-30(21-11-12-22(26)18(3)14-21)16-20(5)28-25(32)15-27-19(4)8-7-9-23-17(2)10-13-24(31)29-23/h7-14,20,23,27H,2,6,15-16H2,1,3-5H3,(H,28,32)(H,29,31)/b9-7?,19-8+. The number of aryl methyl sites for hydroxylation is 1. The Morgan fingerprint density at radius 1 is 1.38 bits per heavy atom. The summed E-state index contributed by atoms with van der Waals surface area (Å²) in [6.07, 6.45) is 8.73. The summed E-state index contributed by atoms with van der Waals surface area (Å²) in [5, 5.41) is 9.70. The lowest BCUT2D eigenvalue weighted by Crippen LogP contribution is -2.44. The number of rotatable bonds is 10. The topological polar surface area (TPSA) is 73.5 Å². The number of carbonyl (C=O) groups excluding carboxylic acids is 2. The lowest BCUT2D eigenvalue weighted by molar-refractivity contribution is -0.120. The summed E-state index contributed by atoms with van der Waals surface area (Å²) >= 11 is 6.13. The molecule has 0 aliphatic carbocycles. The summed E-state index contributed by atoms with van der Waals surface area (Å²) in [4.78, 5) is 26.0. The van der Waals surface area contributed by atoms with Crippen LogP contribution in [-0.4, -0.2) is 43.5 Å². The fourth-order valence-electron chi connectivity index (χ4n) is 3.29. The van der Waals surface area contributed by atoms with Crippen LogP contribution in [0.4, 0.5) is 5.69 Å². The van der Waals surface area contributed by atoms with Gasteiger partial charge in [0.1, 0.15) is 0 Å². The highest BCUT2D eigenvalue weighted by Gasteiger charge is 2.14. The monoisotopic (exact) mass is 456 g/mol. The Labute approximate surface area is 196 Å². The molecule has 1 aliphatic heterocycles. The quantitative estimate of drug-likeness (QED) is 0.470. The van der Waals surface area contributed by atoms with Gasteiger partial charge in [-0.15, -0.1) is 0 Å². The highest BCUT2D eigenvalue weighted by atomic mass is 35.5. The number of allylic oxidation sites excluding steroid dienone is 3. The number of halogens is 1. The molecule has 0 radical (unpaired) electrons. The number of hydrogen-bond acceptors (Lipinski definition) is 4. The first-order valence-corrected chi connectivity index (χ1v) is 11.1. The molecule has 2 rings (SSSR count). The lowest BCUT2D eigenvalue weighted by atomic mass is 10.0. The summed E-state index contributed by atoms with van der Waals surface area (Å²) < 4.78 is 0. The van der Waals surface area contributed by atoms with Crippen LogP contribution in [0.25, 0.3) is 0 Å². The Morgan fingerprint density at radius 2 is 2.12 bits per heavy atom. The molecule has 1 aromatic rings. The molecule has 0 saturated carbocycles.